The third-order valence-electron chi connectivity index (χ3n) is 7.65. The van der Waals surface area contributed by atoms with Crippen LogP contribution in [0, 0.1) is 6.92 Å². The van der Waals surface area contributed by atoms with Gasteiger partial charge in [0.2, 0.25) is 0 Å². The first kappa shape index (κ1) is 25.9. The number of carbonyl (C=O) groups is 1. The quantitative estimate of drug-likeness (QED) is 0.214. The summed E-state index contributed by atoms with van der Waals surface area (Å²) in [7, 11) is 0. The maximum atomic E-state index is 12.0. The van der Waals surface area contributed by atoms with Gasteiger partial charge < -0.3 is 14.4 Å². The SMILES string of the molecule is CCOC(=O)CC1(c2ccc(-c3ccc(-c4onc(C)c4C(O)CCCc4ccccc4)cc3)cc2)CC1. The number of carbonyl (C=O) groups excluding carboxylic acids is 1. The monoisotopic (exact) mass is 509 g/mol. The molecule has 38 heavy (non-hydrogen) atoms. The number of ether oxygens (including phenoxy) is 1. The predicted molar refractivity (Wildman–Crippen MR) is 149 cm³/mol. The minimum atomic E-state index is -0.628. The van der Waals surface area contributed by atoms with Crippen molar-refractivity contribution in [1.29, 1.82) is 0 Å². The van der Waals surface area contributed by atoms with Gasteiger partial charge in [-0.1, -0.05) is 84.0 Å². The van der Waals surface area contributed by atoms with Gasteiger partial charge in [0.15, 0.2) is 5.76 Å². The Morgan fingerprint density at radius 1 is 0.974 bits per heavy atom. The van der Waals surface area contributed by atoms with Crippen LogP contribution in [-0.4, -0.2) is 22.8 Å². The molecular formula is C33H35NO4. The van der Waals surface area contributed by atoms with E-state index in [-0.39, 0.29) is 11.4 Å². The molecule has 1 atom stereocenters. The fourth-order valence-electron chi connectivity index (χ4n) is 5.30. The fraction of sp³-hybridized carbons (Fsp3) is 0.333. The van der Waals surface area contributed by atoms with Gasteiger partial charge in [-0.2, -0.15) is 0 Å². The number of benzene rings is 3. The number of rotatable bonds is 11. The standard InChI is InChI=1S/C33H35NO4/c1-3-37-30(36)22-33(20-21-33)28-18-16-26(17-19-28)25-12-14-27(15-13-25)32-31(23(2)34-38-32)29(35)11-7-10-24-8-5-4-6-9-24/h4-6,8-9,12-19,29,35H,3,7,10-11,20-22H2,1-2H3. The molecule has 0 bridgehead atoms. The van der Waals surface area contributed by atoms with Gasteiger partial charge >= 0.3 is 5.97 Å². The third-order valence-corrected chi connectivity index (χ3v) is 7.65. The summed E-state index contributed by atoms with van der Waals surface area (Å²) < 4.78 is 10.8. The summed E-state index contributed by atoms with van der Waals surface area (Å²) in [6, 6.07) is 27.0. The van der Waals surface area contributed by atoms with E-state index < -0.39 is 6.10 Å². The number of aliphatic hydroxyl groups excluding tert-OH is 1. The number of aryl methyl sites for hydroxylation is 2. The molecule has 196 valence electrons. The minimum absolute atomic E-state index is 0.0584. The van der Waals surface area contributed by atoms with Crippen molar-refractivity contribution in [2.75, 3.05) is 6.61 Å². The van der Waals surface area contributed by atoms with Crippen LogP contribution in [0.1, 0.15) is 67.5 Å². The lowest BCUT2D eigenvalue weighted by molar-refractivity contribution is -0.143. The van der Waals surface area contributed by atoms with Crippen LogP contribution >= 0.6 is 0 Å². The molecule has 1 aliphatic carbocycles. The molecule has 0 radical (unpaired) electrons. The highest BCUT2D eigenvalue weighted by Crippen LogP contribution is 2.51. The van der Waals surface area contributed by atoms with Crippen LogP contribution in [-0.2, 0) is 21.4 Å². The van der Waals surface area contributed by atoms with Gasteiger partial charge in [0, 0.05) is 11.0 Å². The summed E-state index contributed by atoms with van der Waals surface area (Å²) in [4.78, 5) is 12.0. The molecule has 1 aromatic heterocycles. The summed E-state index contributed by atoms with van der Waals surface area (Å²) in [5.74, 6) is 0.513. The summed E-state index contributed by atoms with van der Waals surface area (Å²) in [5, 5.41) is 15.2. The van der Waals surface area contributed by atoms with Gasteiger partial charge in [-0.3, -0.25) is 4.79 Å². The first-order chi connectivity index (χ1) is 18.5. The Bertz CT molecular complexity index is 1350. The maximum absolute atomic E-state index is 12.0. The lowest BCUT2D eigenvalue weighted by Crippen LogP contribution is -2.15. The molecule has 0 aliphatic heterocycles. The maximum Gasteiger partial charge on any atom is 0.306 e. The topological polar surface area (TPSA) is 72.6 Å². The Hall–Kier alpha value is -3.70. The molecule has 0 amide bonds. The second-order valence-corrected chi connectivity index (χ2v) is 10.3. The van der Waals surface area contributed by atoms with Crippen LogP contribution in [0.4, 0.5) is 0 Å². The zero-order valence-corrected chi connectivity index (χ0v) is 22.2. The average molecular weight is 510 g/mol. The zero-order chi connectivity index (χ0) is 26.5. The molecule has 1 unspecified atom stereocenters. The van der Waals surface area contributed by atoms with Crippen molar-refractivity contribution >= 4 is 5.97 Å². The number of nitrogens with zero attached hydrogens (tertiary/aromatic N) is 1. The molecule has 5 nitrogen and oxygen atoms in total. The molecule has 1 N–H and O–H groups in total. The van der Waals surface area contributed by atoms with Gasteiger partial charge in [-0.25, -0.2) is 0 Å². The Labute approximate surface area is 224 Å². The van der Waals surface area contributed by atoms with Crippen molar-refractivity contribution in [1.82, 2.24) is 5.16 Å². The predicted octanol–water partition coefficient (Wildman–Crippen LogP) is 7.36. The minimum Gasteiger partial charge on any atom is -0.466 e. The highest BCUT2D eigenvalue weighted by atomic mass is 16.5. The van der Waals surface area contributed by atoms with Crippen molar-refractivity contribution in [3.05, 3.63) is 101 Å². The number of aliphatic hydroxyl groups is 1. The molecule has 5 heteroatoms. The Kier molecular flexibility index (Phi) is 7.75. The molecule has 1 saturated carbocycles. The van der Waals surface area contributed by atoms with E-state index in [9.17, 15) is 9.90 Å². The van der Waals surface area contributed by atoms with E-state index in [1.54, 1.807) is 0 Å². The van der Waals surface area contributed by atoms with E-state index in [4.69, 9.17) is 9.26 Å². The van der Waals surface area contributed by atoms with E-state index in [1.807, 2.05) is 44.2 Å². The van der Waals surface area contributed by atoms with Crippen molar-refractivity contribution in [2.24, 2.45) is 0 Å². The summed E-state index contributed by atoms with van der Waals surface area (Å²) in [6.07, 6.45) is 4.32. The lowest BCUT2D eigenvalue weighted by atomic mass is 9.90. The average Bonchev–Trinajstić information content (AvgIpc) is 3.61. The summed E-state index contributed by atoms with van der Waals surface area (Å²) in [6.45, 7) is 4.15. The Morgan fingerprint density at radius 3 is 2.24 bits per heavy atom. The normalized spacial score (nSPS) is 14.7. The second-order valence-electron chi connectivity index (χ2n) is 10.3. The van der Waals surface area contributed by atoms with E-state index in [0.29, 0.717) is 25.2 Å². The number of aromatic nitrogens is 1. The van der Waals surface area contributed by atoms with Crippen molar-refractivity contribution in [3.63, 3.8) is 0 Å². The fourth-order valence-corrected chi connectivity index (χ4v) is 5.30. The molecule has 1 aliphatic rings. The van der Waals surface area contributed by atoms with Crippen molar-refractivity contribution in [2.45, 2.75) is 63.9 Å². The Morgan fingerprint density at radius 2 is 1.61 bits per heavy atom. The molecular weight excluding hydrogens is 474 g/mol. The van der Waals surface area contributed by atoms with E-state index in [1.165, 1.54) is 11.1 Å². The number of hydrogen-bond donors (Lipinski definition) is 1. The Balaban J connectivity index is 1.26. The van der Waals surface area contributed by atoms with Gasteiger partial charge in [0.1, 0.15) is 0 Å². The molecule has 1 fully saturated rings. The van der Waals surface area contributed by atoms with Crippen LogP contribution in [0.15, 0.2) is 83.4 Å². The van der Waals surface area contributed by atoms with Crippen LogP contribution < -0.4 is 0 Å². The molecule has 1 heterocycles. The van der Waals surface area contributed by atoms with Gasteiger partial charge in [0.25, 0.3) is 0 Å². The summed E-state index contributed by atoms with van der Waals surface area (Å²) in [5.41, 5.74) is 7.02. The van der Waals surface area contributed by atoms with Gasteiger partial charge in [-0.15, -0.1) is 0 Å². The van der Waals surface area contributed by atoms with E-state index in [0.717, 1.165) is 53.6 Å². The number of esters is 1. The largest absolute Gasteiger partial charge is 0.466 e. The van der Waals surface area contributed by atoms with Gasteiger partial charge in [-0.05, 0) is 68.2 Å². The first-order valence-electron chi connectivity index (χ1n) is 13.5. The smallest absolute Gasteiger partial charge is 0.306 e. The molecule has 3 aromatic carbocycles. The van der Waals surface area contributed by atoms with E-state index >= 15 is 0 Å². The first-order valence-corrected chi connectivity index (χ1v) is 13.5. The summed E-state index contributed by atoms with van der Waals surface area (Å²) >= 11 is 0. The van der Waals surface area contributed by atoms with Gasteiger partial charge in [0.05, 0.1) is 30.4 Å². The molecule has 0 spiro atoms. The van der Waals surface area contributed by atoms with Crippen LogP contribution in [0.5, 0.6) is 0 Å². The molecule has 5 rings (SSSR count). The lowest BCUT2D eigenvalue weighted by Gasteiger charge is -2.15. The zero-order valence-electron chi connectivity index (χ0n) is 22.2. The number of hydrogen-bond acceptors (Lipinski definition) is 5. The molecule has 4 aromatic rings. The van der Waals surface area contributed by atoms with Crippen LogP contribution in [0.2, 0.25) is 0 Å². The highest BCUT2D eigenvalue weighted by molar-refractivity contribution is 5.73. The van der Waals surface area contributed by atoms with Crippen molar-refractivity contribution < 1.29 is 19.2 Å². The molecule has 0 saturated heterocycles. The van der Waals surface area contributed by atoms with Crippen LogP contribution in [0.3, 0.4) is 0 Å². The highest BCUT2D eigenvalue weighted by Gasteiger charge is 2.46. The third kappa shape index (κ3) is 5.73. The van der Waals surface area contributed by atoms with Crippen molar-refractivity contribution in [3.8, 4) is 22.5 Å². The van der Waals surface area contributed by atoms with E-state index in [2.05, 4.69) is 53.7 Å². The van der Waals surface area contributed by atoms with Crippen LogP contribution in [0.25, 0.3) is 22.5 Å². The second kappa shape index (κ2) is 11.4.